The van der Waals surface area contributed by atoms with Crippen LogP contribution < -0.4 is 0 Å². The van der Waals surface area contributed by atoms with Crippen LogP contribution >= 0.6 is 0 Å². The van der Waals surface area contributed by atoms with Crippen LogP contribution in [-0.4, -0.2) is 65.8 Å². The third kappa shape index (κ3) is 8.05. The van der Waals surface area contributed by atoms with E-state index in [1.807, 2.05) is 73.3 Å². The first-order valence-electron chi connectivity index (χ1n) is 13.4. The van der Waals surface area contributed by atoms with Crippen molar-refractivity contribution in [3.8, 4) is 0 Å². The zero-order valence-electron chi connectivity index (χ0n) is 22.2. The Bertz CT molecular complexity index is 1130. The molecule has 0 bridgehead atoms. The van der Waals surface area contributed by atoms with Gasteiger partial charge in [0.05, 0.1) is 6.54 Å². The van der Waals surface area contributed by atoms with Gasteiger partial charge in [-0.15, -0.1) is 0 Å². The zero-order chi connectivity index (χ0) is 26.0. The summed E-state index contributed by atoms with van der Waals surface area (Å²) in [6.45, 7) is 8.34. The minimum Gasteiger partial charge on any atom is -0.464 e. The summed E-state index contributed by atoms with van der Waals surface area (Å²) in [5, 5.41) is 0. The fourth-order valence-electron chi connectivity index (χ4n) is 4.80. The molecule has 1 saturated heterocycles. The van der Waals surface area contributed by atoms with Gasteiger partial charge in [0.25, 0.3) is 5.91 Å². The summed E-state index contributed by atoms with van der Waals surface area (Å²) in [4.78, 5) is 33.2. The molecule has 37 heavy (non-hydrogen) atoms. The van der Waals surface area contributed by atoms with Crippen LogP contribution in [0.15, 0.2) is 71.1 Å². The second kappa shape index (κ2) is 13.2. The monoisotopic (exact) mass is 501 g/mol. The minimum absolute atomic E-state index is 0.0506. The first-order valence-corrected chi connectivity index (χ1v) is 13.4. The van der Waals surface area contributed by atoms with Crippen molar-refractivity contribution in [3.63, 3.8) is 0 Å². The topological polar surface area (TPSA) is 57.0 Å². The lowest BCUT2D eigenvalue weighted by Gasteiger charge is -2.31. The van der Waals surface area contributed by atoms with Gasteiger partial charge in [-0.25, -0.2) is 0 Å². The number of carbonyl (C=O) groups excluding carboxylic acids is 2. The van der Waals surface area contributed by atoms with Crippen LogP contribution in [0.5, 0.6) is 0 Å². The van der Waals surface area contributed by atoms with E-state index < -0.39 is 0 Å². The minimum atomic E-state index is -0.0952. The zero-order valence-corrected chi connectivity index (χ0v) is 22.2. The van der Waals surface area contributed by atoms with E-state index in [-0.39, 0.29) is 18.4 Å². The Balaban J connectivity index is 1.49. The van der Waals surface area contributed by atoms with Crippen molar-refractivity contribution in [2.75, 3.05) is 39.3 Å². The average molecular weight is 502 g/mol. The van der Waals surface area contributed by atoms with E-state index in [4.69, 9.17) is 4.42 Å². The van der Waals surface area contributed by atoms with Crippen molar-refractivity contribution in [3.05, 3.63) is 94.9 Å². The van der Waals surface area contributed by atoms with Crippen molar-refractivity contribution in [1.82, 2.24) is 14.7 Å². The first-order chi connectivity index (χ1) is 18.0. The highest BCUT2D eigenvalue weighted by Gasteiger charge is 2.24. The number of hydrogen-bond acceptors (Lipinski definition) is 4. The second-order valence-corrected chi connectivity index (χ2v) is 10.1. The van der Waals surface area contributed by atoms with Crippen molar-refractivity contribution in [2.45, 2.75) is 46.1 Å². The molecule has 2 aromatic carbocycles. The molecule has 1 fully saturated rings. The maximum Gasteiger partial charge on any atom is 0.254 e. The van der Waals surface area contributed by atoms with Gasteiger partial charge in [-0.1, -0.05) is 54.4 Å². The fourth-order valence-corrected chi connectivity index (χ4v) is 4.80. The smallest absolute Gasteiger partial charge is 0.254 e. The summed E-state index contributed by atoms with van der Waals surface area (Å²) in [6, 6.07) is 21.6. The fraction of sp³-hybridized carbons (Fsp3) is 0.419. The van der Waals surface area contributed by atoms with Crippen molar-refractivity contribution in [2.24, 2.45) is 0 Å². The van der Waals surface area contributed by atoms with E-state index >= 15 is 0 Å². The Labute approximate surface area is 220 Å². The summed E-state index contributed by atoms with van der Waals surface area (Å²) in [7, 11) is 0. The number of furan rings is 1. The van der Waals surface area contributed by atoms with Crippen LogP contribution in [0.3, 0.4) is 0 Å². The standard InChI is InChI=1S/C31H39N3O3/c1-25-11-14-28(15-12-25)31(36)34(22-21-32-18-7-4-8-19-32)24-30(35)33(23-29-16-13-26(2)37-29)20-17-27-9-5-3-6-10-27/h3,5-6,9-16H,4,7-8,17-24H2,1-2H3. The quantitative estimate of drug-likeness (QED) is 0.367. The van der Waals surface area contributed by atoms with Crippen LogP contribution in [0.1, 0.15) is 52.3 Å². The number of carbonyl (C=O) groups is 2. The van der Waals surface area contributed by atoms with Crippen molar-refractivity contribution < 1.29 is 14.0 Å². The maximum absolute atomic E-state index is 13.7. The highest BCUT2D eigenvalue weighted by atomic mass is 16.3. The van der Waals surface area contributed by atoms with Gasteiger partial charge >= 0.3 is 0 Å². The molecule has 6 heteroatoms. The molecule has 0 N–H and O–H groups in total. The van der Waals surface area contributed by atoms with Gasteiger partial charge in [0.2, 0.25) is 5.91 Å². The number of hydrogen-bond donors (Lipinski definition) is 0. The van der Waals surface area contributed by atoms with Gasteiger partial charge < -0.3 is 19.1 Å². The molecule has 0 unspecified atom stereocenters. The van der Waals surface area contributed by atoms with Gasteiger partial charge in [0.1, 0.15) is 18.1 Å². The molecule has 0 spiro atoms. The van der Waals surface area contributed by atoms with Crippen molar-refractivity contribution >= 4 is 11.8 Å². The number of rotatable bonds is 11. The van der Waals surface area contributed by atoms with Crippen molar-refractivity contribution in [1.29, 1.82) is 0 Å². The van der Waals surface area contributed by atoms with E-state index in [1.165, 1.54) is 24.8 Å². The Kier molecular flexibility index (Phi) is 9.55. The summed E-state index contributed by atoms with van der Waals surface area (Å²) >= 11 is 0. The molecule has 6 nitrogen and oxygen atoms in total. The maximum atomic E-state index is 13.7. The predicted molar refractivity (Wildman–Crippen MR) is 146 cm³/mol. The SMILES string of the molecule is Cc1ccc(C(=O)N(CCN2CCCCC2)CC(=O)N(CCc2ccccc2)Cc2ccc(C)o2)cc1. The molecule has 0 atom stereocenters. The van der Waals surface area contributed by atoms with Gasteiger partial charge in [-0.05, 0) is 76.0 Å². The van der Waals surface area contributed by atoms with Crippen LogP contribution in [0, 0.1) is 13.8 Å². The molecule has 2 amide bonds. The van der Waals surface area contributed by atoms with Gasteiger partial charge in [-0.2, -0.15) is 0 Å². The number of amides is 2. The molecule has 1 aliphatic heterocycles. The van der Waals surface area contributed by atoms with E-state index in [0.29, 0.717) is 25.2 Å². The molecule has 0 radical (unpaired) electrons. The average Bonchev–Trinajstić information content (AvgIpc) is 3.34. The lowest BCUT2D eigenvalue weighted by Crippen LogP contribution is -2.46. The van der Waals surface area contributed by atoms with Crippen LogP contribution in [-0.2, 0) is 17.8 Å². The second-order valence-electron chi connectivity index (χ2n) is 10.1. The number of piperidine rings is 1. The molecule has 4 rings (SSSR count). The third-order valence-electron chi connectivity index (χ3n) is 7.06. The first kappa shape index (κ1) is 26.7. The highest BCUT2D eigenvalue weighted by molar-refractivity contribution is 5.96. The predicted octanol–water partition coefficient (Wildman–Crippen LogP) is 5.10. The lowest BCUT2D eigenvalue weighted by molar-refractivity contribution is -0.132. The van der Waals surface area contributed by atoms with E-state index in [1.54, 1.807) is 4.90 Å². The van der Waals surface area contributed by atoms with Gasteiger partial charge in [0, 0.05) is 25.2 Å². The van der Waals surface area contributed by atoms with Crippen LogP contribution in [0.25, 0.3) is 0 Å². The molecular weight excluding hydrogens is 462 g/mol. The van der Waals surface area contributed by atoms with E-state index in [9.17, 15) is 9.59 Å². The molecule has 2 heterocycles. The molecule has 1 aliphatic rings. The van der Waals surface area contributed by atoms with E-state index in [0.717, 1.165) is 43.1 Å². The Hall–Kier alpha value is -3.38. The molecule has 0 saturated carbocycles. The normalized spacial score (nSPS) is 13.9. The largest absolute Gasteiger partial charge is 0.464 e. The molecule has 196 valence electrons. The lowest BCUT2D eigenvalue weighted by atomic mass is 10.1. The van der Waals surface area contributed by atoms with Gasteiger partial charge in [0.15, 0.2) is 0 Å². The third-order valence-corrected chi connectivity index (χ3v) is 7.06. The van der Waals surface area contributed by atoms with Crippen LogP contribution in [0.4, 0.5) is 0 Å². The van der Waals surface area contributed by atoms with E-state index in [2.05, 4.69) is 17.0 Å². The number of benzene rings is 2. The highest BCUT2D eigenvalue weighted by Crippen LogP contribution is 2.14. The Morgan fingerprint density at radius 2 is 1.57 bits per heavy atom. The molecule has 1 aromatic heterocycles. The summed E-state index contributed by atoms with van der Waals surface area (Å²) in [5.74, 6) is 1.41. The number of nitrogens with zero attached hydrogens (tertiary/aromatic N) is 3. The molecular formula is C31H39N3O3. The molecule has 0 aliphatic carbocycles. The summed E-state index contributed by atoms with van der Waals surface area (Å²) in [5.41, 5.74) is 2.90. The Morgan fingerprint density at radius 1 is 0.838 bits per heavy atom. The molecule has 3 aromatic rings. The van der Waals surface area contributed by atoms with Crippen LogP contribution in [0.2, 0.25) is 0 Å². The number of aryl methyl sites for hydroxylation is 2. The van der Waals surface area contributed by atoms with Gasteiger partial charge in [-0.3, -0.25) is 9.59 Å². The number of likely N-dealkylation sites (tertiary alicyclic amines) is 1. The Morgan fingerprint density at radius 3 is 2.24 bits per heavy atom. The summed E-state index contributed by atoms with van der Waals surface area (Å²) in [6.07, 6.45) is 4.40. The summed E-state index contributed by atoms with van der Waals surface area (Å²) < 4.78 is 5.79.